The van der Waals surface area contributed by atoms with Gasteiger partial charge in [-0.1, -0.05) is 24.3 Å². The number of nitrogen functional groups attached to an aromatic ring is 1. The Balaban J connectivity index is 0.000000159. The molecule has 3 N–H and O–H groups in total. The number of nitrogens with one attached hydrogen (secondary N) is 1. The molecule has 0 saturated carbocycles. The van der Waals surface area contributed by atoms with E-state index in [0.29, 0.717) is 0 Å². The highest BCUT2D eigenvalue weighted by molar-refractivity contribution is 5.78. The highest BCUT2D eigenvalue weighted by atomic mass is 19.4. The molecule has 3 nitrogen and oxygen atoms in total. The molecule has 0 unspecified atom stereocenters. The topological polar surface area (TPSA) is 54.7 Å². The van der Waals surface area contributed by atoms with Crippen LogP contribution in [0.2, 0.25) is 0 Å². The number of nitrogens with two attached hydrogens (primary N) is 1. The molecule has 2 heterocycles. The number of H-pyrrole nitrogens is 1. The predicted molar refractivity (Wildman–Crippen MR) is 76.7 cm³/mol. The Bertz CT molecular complexity index is 674. The van der Waals surface area contributed by atoms with Crippen LogP contribution < -0.4 is 5.73 Å². The van der Waals surface area contributed by atoms with Crippen molar-refractivity contribution in [3.63, 3.8) is 0 Å². The molecule has 0 saturated heterocycles. The van der Waals surface area contributed by atoms with Gasteiger partial charge in [0, 0.05) is 23.5 Å². The Kier molecular flexibility index (Phi) is 4.47. The number of hydrogen-bond acceptors (Lipinski definition) is 2. The van der Waals surface area contributed by atoms with Crippen LogP contribution in [0.15, 0.2) is 54.9 Å². The number of halogens is 3. The standard InChI is InChI=1S/C8H7N.C7H7F3N2/c1-2-4-8-7(3-1)5-6-9-8;8-7(9,10)4-5-2-1-3-12-6(5)11/h1-6,9H;1-3H,4H2,(H2,11,12). The Morgan fingerprint density at radius 3 is 2.48 bits per heavy atom. The number of fused-ring (bicyclic) bond motifs is 1. The van der Waals surface area contributed by atoms with E-state index in [0.717, 1.165) is 0 Å². The van der Waals surface area contributed by atoms with Gasteiger partial charge in [-0.15, -0.1) is 0 Å². The van der Waals surface area contributed by atoms with Crippen molar-refractivity contribution in [2.75, 3.05) is 5.73 Å². The number of anilines is 1. The van der Waals surface area contributed by atoms with Crippen LogP contribution in [0.5, 0.6) is 0 Å². The summed E-state index contributed by atoms with van der Waals surface area (Å²) in [6, 6.07) is 13.0. The lowest BCUT2D eigenvalue weighted by Crippen LogP contribution is -2.13. The van der Waals surface area contributed by atoms with E-state index in [1.165, 1.54) is 29.2 Å². The van der Waals surface area contributed by atoms with E-state index in [4.69, 9.17) is 5.73 Å². The lowest BCUT2D eigenvalue weighted by atomic mass is 10.2. The predicted octanol–water partition coefficient (Wildman–Crippen LogP) is 3.94. The second kappa shape index (κ2) is 6.30. The van der Waals surface area contributed by atoms with E-state index in [-0.39, 0.29) is 11.4 Å². The van der Waals surface area contributed by atoms with Gasteiger partial charge in [0.05, 0.1) is 6.42 Å². The summed E-state index contributed by atoms with van der Waals surface area (Å²) in [6.07, 6.45) is -1.94. The molecule has 3 rings (SSSR count). The minimum Gasteiger partial charge on any atom is -0.383 e. The molecule has 0 aliphatic heterocycles. The lowest BCUT2D eigenvalue weighted by molar-refractivity contribution is -0.127. The SMILES string of the molecule is Nc1ncccc1CC(F)(F)F.c1ccc2[nH]ccc2c1. The average molecular weight is 293 g/mol. The maximum Gasteiger partial charge on any atom is 0.393 e. The van der Waals surface area contributed by atoms with Gasteiger partial charge in [-0.25, -0.2) is 4.98 Å². The van der Waals surface area contributed by atoms with Crippen LogP contribution in [0.4, 0.5) is 19.0 Å². The summed E-state index contributed by atoms with van der Waals surface area (Å²) in [6.45, 7) is 0. The number of aromatic amines is 1. The Morgan fingerprint density at radius 2 is 1.81 bits per heavy atom. The van der Waals surface area contributed by atoms with Gasteiger partial charge in [-0.3, -0.25) is 0 Å². The van der Waals surface area contributed by atoms with Crippen LogP contribution in [0.3, 0.4) is 0 Å². The summed E-state index contributed by atoms with van der Waals surface area (Å²) in [5.41, 5.74) is 6.44. The number of nitrogens with zero attached hydrogens (tertiary/aromatic N) is 1. The summed E-state index contributed by atoms with van der Waals surface area (Å²) in [5, 5.41) is 1.28. The molecule has 0 fully saturated rings. The van der Waals surface area contributed by atoms with Crippen molar-refractivity contribution < 1.29 is 13.2 Å². The van der Waals surface area contributed by atoms with Crippen molar-refractivity contribution >= 4 is 16.7 Å². The number of pyridine rings is 1. The van der Waals surface area contributed by atoms with Gasteiger partial charge in [0.1, 0.15) is 5.82 Å². The second-order valence-electron chi connectivity index (χ2n) is 4.40. The smallest absolute Gasteiger partial charge is 0.383 e. The molecule has 0 aliphatic rings. The Labute approximate surface area is 119 Å². The highest BCUT2D eigenvalue weighted by Gasteiger charge is 2.28. The van der Waals surface area contributed by atoms with Crippen LogP contribution in [0.1, 0.15) is 5.56 Å². The van der Waals surface area contributed by atoms with Gasteiger partial charge in [0.25, 0.3) is 0 Å². The molecule has 2 aromatic heterocycles. The maximum absolute atomic E-state index is 11.8. The molecular weight excluding hydrogens is 279 g/mol. The van der Waals surface area contributed by atoms with E-state index in [2.05, 4.69) is 28.2 Å². The molecule has 21 heavy (non-hydrogen) atoms. The molecule has 0 aliphatic carbocycles. The zero-order chi connectivity index (χ0) is 15.3. The van der Waals surface area contributed by atoms with Crippen molar-refractivity contribution in [2.24, 2.45) is 0 Å². The molecule has 0 radical (unpaired) electrons. The number of aromatic nitrogens is 2. The van der Waals surface area contributed by atoms with Crippen LogP contribution >= 0.6 is 0 Å². The van der Waals surface area contributed by atoms with Crippen LogP contribution in [-0.2, 0) is 6.42 Å². The number of hydrogen-bond donors (Lipinski definition) is 2. The number of para-hydroxylation sites is 1. The number of rotatable bonds is 1. The molecule has 1 aromatic carbocycles. The largest absolute Gasteiger partial charge is 0.393 e. The van der Waals surface area contributed by atoms with Gasteiger partial charge in [0.15, 0.2) is 0 Å². The Morgan fingerprint density at radius 1 is 1.05 bits per heavy atom. The van der Waals surface area contributed by atoms with Gasteiger partial charge in [0.2, 0.25) is 0 Å². The Hall–Kier alpha value is -2.50. The molecular formula is C15H14F3N3. The van der Waals surface area contributed by atoms with E-state index >= 15 is 0 Å². The van der Waals surface area contributed by atoms with Crippen molar-refractivity contribution in [1.82, 2.24) is 9.97 Å². The first-order valence-corrected chi connectivity index (χ1v) is 6.24. The molecule has 0 bridgehead atoms. The van der Waals surface area contributed by atoms with Gasteiger partial charge in [-0.05, 0) is 23.6 Å². The van der Waals surface area contributed by atoms with Gasteiger partial charge < -0.3 is 10.7 Å². The fourth-order valence-corrected chi connectivity index (χ4v) is 1.81. The summed E-state index contributed by atoms with van der Waals surface area (Å²) in [7, 11) is 0. The van der Waals surface area contributed by atoms with Crippen molar-refractivity contribution in [3.8, 4) is 0 Å². The summed E-state index contributed by atoms with van der Waals surface area (Å²) < 4.78 is 35.5. The second-order valence-corrected chi connectivity index (χ2v) is 4.40. The summed E-state index contributed by atoms with van der Waals surface area (Å²) >= 11 is 0. The van der Waals surface area contributed by atoms with Gasteiger partial charge in [-0.2, -0.15) is 13.2 Å². The lowest BCUT2D eigenvalue weighted by Gasteiger charge is -2.07. The average Bonchev–Trinajstić information content (AvgIpc) is 2.89. The number of alkyl halides is 3. The maximum atomic E-state index is 11.8. The zero-order valence-corrected chi connectivity index (χ0v) is 11.1. The molecule has 110 valence electrons. The highest BCUT2D eigenvalue weighted by Crippen LogP contribution is 2.23. The van der Waals surface area contributed by atoms with Gasteiger partial charge >= 0.3 is 6.18 Å². The monoisotopic (exact) mass is 293 g/mol. The third-order valence-electron chi connectivity index (χ3n) is 2.78. The summed E-state index contributed by atoms with van der Waals surface area (Å²) in [5.74, 6) is -0.0603. The van der Waals surface area contributed by atoms with Crippen molar-refractivity contribution in [1.29, 1.82) is 0 Å². The molecule has 0 atom stereocenters. The van der Waals surface area contributed by atoms with Crippen LogP contribution in [-0.4, -0.2) is 16.1 Å². The first-order valence-electron chi connectivity index (χ1n) is 6.24. The normalized spacial score (nSPS) is 11.0. The van der Waals surface area contributed by atoms with E-state index in [9.17, 15) is 13.2 Å². The van der Waals surface area contributed by atoms with E-state index in [1.807, 2.05) is 18.3 Å². The van der Waals surface area contributed by atoms with Crippen molar-refractivity contribution in [2.45, 2.75) is 12.6 Å². The minimum absolute atomic E-state index is 0.0185. The fourth-order valence-electron chi connectivity index (χ4n) is 1.81. The van der Waals surface area contributed by atoms with Crippen molar-refractivity contribution in [3.05, 3.63) is 60.4 Å². The molecule has 0 amide bonds. The molecule has 6 heteroatoms. The van der Waals surface area contributed by atoms with E-state index in [1.54, 1.807) is 0 Å². The molecule has 0 spiro atoms. The zero-order valence-electron chi connectivity index (χ0n) is 11.1. The third-order valence-corrected chi connectivity index (χ3v) is 2.78. The van der Waals surface area contributed by atoms with Crippen LogP contribution in [0.25, 0.3) is 10.9 Å². The fraction of sp³-hybridized carbons (Fsp3) is 0.133. The quantitative estimate of drug-likeness (QED) is 0.714. The number of benzene rings is 1. The molecule has 3 aromatic rings. The van der Waals surface area contributed by atoms with Crippen LogP contribution in [0, 0.1) is 0 Å². The first kappa shape index (κ1) is 14.9. The first-order chi connectivity index (χ1) is 9.96. The van der Waals surface area contributed by atoms with E-state index < -0.39 is 12.6 Å². The third kappa shape index (κ3) is 4.52. The minimum atomic E-state index is -4.23. The summed E-state index contributed by atoms with van der Waals surface area (Å²) in [4.78, 5) is 6.66.